The molecule has 1 N–H and O–H groups in total. The highest BCUT2D eigenvalue weighted by molar-refractivity contribution is 5.74. The Morgan fingerprint density at radius 3 is 2.60 bits per heavy atom. The van der Waals surface area contributed by atoms with Crippen LogP contribution in [0.4, 0.5) is 4.79 Å². The SMILES string of the molecule is O=C(NCc1ccccc1)N1CCC2(CCCCC2)C1. The van der Waals surface area contributed by atoms with Gasteiger partial charge in [-0.15, -0.1) is 0 Å². The molecule has 1 aliphatic heterocycles. The number of rotatable bonds is 2. The second-order valence-electron chi connectivity index (χ2n) is 6.38. The first-order valence-corrected chi connectivity index (χ1v) is 7.84. The fraction of sp³-hybridized carbons (Fsp3) is 0.588. The van der Waals surface area contributed by atoms with Crippen LogP contribution in [0.3, 0.4) is 0 Å². The largest absolute Gasteiger partial charge is 0.334 e. The van der Waals surface area contributed by atoms with Crippen molar-refractivity contribution >= 4 is 6.03 Å². The normalized spacial score (nSPS) is 21.1. The van der Waals surface area contributed by atoms with Gasteiger partial charge in [0, 0.05) is 19.6 Å². The van der Waals surface area contributed by atoms with E-state index in [-0.39, 0.29) is 6.03 Å². The maximum Gasteiger partial charge on any atom is 0.317 e. The van der Waals surface area contributed by atoms with Gasteiger partial charge in [-0.3, -0.25) is 0 Å². The van der Waals surface area contributed by atoms with E-state index in [2.05, 4.69) is 5.32 Å². The lowest BCUT2D eigenvalue weighted by Gasteiger charge is -2.33. The first kappa shape index (κ1) is 13.5. The molecule has 1 aliphatic carbocycles. The van der Waals surface area contributed by atoms with Crippen LogP contribution in [0, 0.1) is 5.41 Å². The van der Waals surface area contributed by atoms with E-state index in [0.29, 0.717) is 12.0 Å². The monoisotopic (exact) mass is 272 g/mol. The first-order chi connectivity index (χ1) is 9.77. The molecule has 2 amide bonds. The minimum Gasteiger partial charge on any atom is -0.334 e. The second-order valence-corrected chi connectivity index (χ2v) is 6.38. The summed E-state index contributed by atoms with van der Waals surface area (Å²) in [5, 5.41) is 3.05. The molecule has 1 spiro atoms. The molecule has 3 heteroatoms. The average Bonchev–Trinajstić information content (AvgIpc) is 2.90. The van der Waals surface area contributed by atoms with Gasteiger partial charge < -0.3 is 10.2 Å². The fourth-order valence-corrected chi connectivity index (χ4v) is 3.70. The summed E-state index contributed by atoms with van der Waals surface area (Å²) in [4.78, 5) is 14.3. The van der Waals surface area contributed by atoms with Gasteiger partial charge >= 0.3 is 6.03 Å². The smallest absolute Gasteiger partial charge is 0.317 e. The number of hydrogen-bond donors (Lipinski definition) is 1. The van der Waals surface area contributed by atoms with E-state index < -0.39 is 0 Å². The Morgan fingerprint density at radius 1 is 1.10 bits per heavy atom. The van der Waals surface area contributed by atoms with Crippen LogP contribution in [-0.4, -0.2) is 24.0 Å². The van der Waals surface area contributed by atoms with Crippen LogP contribution in [0.2, 0.25) is 0 Å². The summed E-state index contributed by atoms with van der Waals surface area (Å²) in [5.41, 5.74) is 1.61. The van der Waals surface area contributed by atoms with Gasteiger partial charge in [-0.1, -0.05) is 49.6 Å². The van der Waals surface area contributed by atoms with Gasteiger partial charge in [-0.05, 0) is 30.2 Å². The predicted molar refractivity (Wildman–Crippen MR) is 80.4 cm³/mol. The van der Waals surface area contributed by atoms with Crippen LogP contribution in [0.5, 0.6) is 0 Å². The van der Waals surface area contributed by atoms with Crippen molar-refractivity contribution in [2.24, 2.45) is 5.41 Å². The lowest BCUT2D eigenvalue weighted by atomic mass is 9.73. The Morgan fingerprint density at radius 2 is 1.85 bits per heavy atom. The van der Waals surface area contributed by atoms with E-state index in [1.54, 1.807) is 0 Å². The van der Waals surface area contributed by atoms with Crippen molar-refractivity contribution in [2.45, 2.75) is 45.1 Å². The molecule has 3 nitrogen and oxygen atoms in total. The summed E-state index contributed by atoms with van der Waals surface area (Å²) >= 11 is 0. The number of nitrogens with zero attached hydrogens (tertiary/aromatic N) is 1. The number of nitrogens with one attached hydrogen (secondary N) is 1. The predicted octanol–water partition coefficient (Wildman–Crippen LogP) is 3.55. The van der Waals surface area contributed by atoms with E-state index in [4.69, 9.17) is 0 Å². The summed E-state index contributed by atoms with van der Waals surface area (Å²) in [6, 6.07) is 10.2. The summed E-state index contributed by atoms with van der Waals surface area (Å²) in [7, 11) is 0. The minimum absolute atomic E-state index is 0.108. The van der Waals surface area contributed by atoms with Gasteiger partial charge in [0.1, 0.15) is 0 Å². The lowest BCUT2D eigenvalue weighted by molar-refractivity contribution is 0.177. The number of hydrogen-bond acceptors (Lipinski definition) is 1. The topological polar surface area (TPSA) is 32.3 Å². The number of likely N-dealkylation sites (tertiary alicyclic amines) is 1. The molecule has 0 unspecified atom stereocenters. The fourth-order valence-electron chi connectivity index (χ4n) is 3.70. The molecule has 3 rings (SSSR count). The van der Waals surface area contributed by atoms with Crippen LogP contribution in [0.25, 0.3) is 0 Å². The molecule has 1 aromatic rings. The van der Waals surface area contributed by atoms with Gasteiger partial charge in [0.05, 0.1) is 0 Å². The van der Waals surface area contributed by atoms with Crippen molar-refractivity contribution in [3.8, 4) is 0 Å². The van der Waals surface area contributed by atoms with Gasteiger partial charge in [0.15, 0.2) is 0 Å². The zero-order valence-corrected chi connectivity index (χ0v) is 12.1. The number of urea groups is 1. The molecule has 108 valence electrons. The molecule has 0 aromatic heterocycles. The molecule has 2 fully saturated rings. The third-order valence-electron chi connectivity index (χ3n) is 4.93. The van der Waals surface area contributed by atoms with Gasteiger partial charge in [0.25, 0.3) is 0 Å². The summed E-state index contributed by atoms with van der Waals surface area (Å²) in [5.74, 6) is 0. The highest BCUT2D eigenvalue weighted by Gasteiger charge is 2.40. The van der Waals surface area contributed by atoms with Crippen molar-refractivity contribution in [2.75, 3.05) is 13.1 Å². The average molecular weight is 272 g/mol. The van der Waals surface area contributed by atoms with Crippen LogP contribution in [-0.2, 0) is 6.54 Å². The van der Waals surface area contributed by atoms with E-state index in [1.165, 1.54) is 38.5 Å². The molecule has 1 aromatic carbocycles. The molecule has 1 heterocycles. The third kappa shape index (κ3) is 2.97. The Balaban J connectivity index is 1.51. The number of amides is 2. The summed E-state index contributed by atoms with van der Waals surface area (Å²) in [6.07, 6.45) is 7.90. The molecule has 0 bridgehead atoms. The highest BCUT2D eigenvalue weighted by atomic mass is 16.2. The van der Waals surface area contributed by atoms with E-state index in [0.717, 1.165) is 18.7 Å². The molecule has 2 aliphatic rings. The standard InChI is InChI=1S/C17H24N2O/c20-16(18-13-15-7-3-1-4-8-15)19-12-11-17(14-19)9-5-2-6-10-17/h1,3-4,7-8H,2,5-6,9-14H2,(H,18,20). The van der Waals surface area contributed by atoms with Crippen LogP contribution in [0.15, 0.2) is 30.3 Å². The van der Waals surface area contributed by atoms with Gasteiger partial charge in [-0.2, -0.15) is 0 Å². The van der Waals surface area contributed by atoms with Crippen molar-refractivity contribution in [3.63, 3.8) is 0 Å². The molecular weight excluding hydrogens is 248 g/mol. The Hall–Kier alpha value is -1.51. The van der Waals surface area contributed by atoms with Crippen molar-refractivity contribution in [1.29, 1.82) is 0 Å². The molecular formula is C17H24N2O. The highest BCUT2D eigenvalue weighted by Crippen LogP contribution is 2.43. The lowest BCUT2D eigenvalue weighted by Crippen LogP contribution is -2.39. The van der Waals surface area contributed by atoms with Crippen LogP contribution in [0.1, 0.15) is 44.1 Å². The molecule has 0 atom stereocenters. The van der Waals surface area contributed by atoms with E-state index in [9.17, 15) is 4.79 Å². The maximum atomic E-state index is 12.3. The summed E-state index contributed by atoms with van der Waals surface area (Å²) < 4.78 is 0. The van der Waals surface area contributed by atoms with Gasteiger partial charge in [-0.25, -0.2) is 4.79 Å². The van der Waals surface area contributed by atoms with Crippen molar-refractivity contribution < 1.29 is 4.79 Å². The molecule has 20 heavy (non-hydrogen) atoms. The second kappa shape index (κ2) is 5.86. The summed E-state index contributed by atoms with van der Waals surface area (Å²) in [6.45, 7) is 2.53. The minimum atomic E-state index is 0.108. The number of carbonyl (C=O) groups excluding carboxylic acids is 1. The maximum absolute atomic E-state index is 12.3. The Labute approximate surface area is 121 Å². The molecule has 1 saturated carbocycles. The zero-order chi connectivity index (χ0) is 13.8. The zero-order valence-electron chi connectivity index (χ0n) is 12.1. The van der Waals surface area contributed by atoms with Gasteiger partial charge in [0.2, 0.25) is 0 Å². The van der Waals surface area contributed by atoms with E-state index in [1.807, 2.05) is 35.2 Å². The van der Waals surface area contributed by atoms with Crippen LogP contribution >= 0.6 is 0 Å². The Bertz CT molecular complexity index is 451. The molecule has 1 saturated heterocycles. The molecule has 0 radical (unpaired) electrons. The van der Waals surface area contributed by atoms with Crippen molar-refractivity contribution in [1.82, 2.24) is 10.2 Å². The quantitative estimate of drug-likeness (QED) is 0.877. The number of benzene rings is 1. The third-order valence-corrected chi connectivity index (χ3v) is 4.93. The first-order valence-electron chi connectivity index (χ1n) is 7.84. The van der Waals surface area contributed by atoms with Crippen molar-refractivity contribution in [3.05, 3.63) is 35.9 Å². The number of carbonyl (C=O) groups is 1. The van der Waals surface area contributed by atoms with Crippen LogP contribution < -0.4 is 5.32 Å². The Kier molecular flexibility index (Phi) is 3.95. The van der Waals surface area contributed by atoms with E-state index >= 15 is 0 Å².